The maximum atomic E-state index is 10.9. The van der Waals surface area contributed by atoms with Crippen LogP contribution in [0.2, 0.25) is 0 Å². The van der Waals surface area contributed by atoms with Crippen LogP contribution in [0.1, 0.15) is 17.3 Å². The van der Waals surface area contributed by atoms with Crippen LogP contribution in [0.25, 0.3) is 0 Å². The van der Waals surface area contributed by atoms with Gasteiger partial charge in [0, 0.05) is 5.69 Å². The van der Waals surface area contributed by atoms with Crippen molar-refractivity contribution in [3.63, 3.8) is 0 Å². The number of aliphatic hydroxyl groups is 2. The maximum absolute atomic E-state index is 10.9. The molecule has 0 aromatic heterocycles. The summed E-state index contributed by atoms with van der Waals surface area (Å²) in [5, 5.41) is 30.9. The second kappa shape index (κ2) is 5.29. The van der Waals surface area contributed by atoms with Crippen LogP contribution in [-0.2, 0) is 4.74 Å². The summed E-state index contributed by atoms with van der Waals surface area (Å²) in [5.74, 6) is -0.743. The molecule has 0 saturated carbocycles. The van der Waals surface area contributed by atoms with E-state index in [0.717, 1.165) is 0 Å². The summed E-state index contributed by atoms with van der Waals surface area (Å²) in [6, 6.07) is 6.17. The van der Waals surface area contributed by atoms with E-state index in [1.165, 1.54) is 12.1 Å². The van der Waals surface area contributed by atoms with Crippen molar-refractivity contribution in [2.45, 2.75) is 19.1 Å². The van der Waals surface area contributed by atoms with Crippen LogP contribution in [0.5, 0.6) is 0 Å². The lowest BCUT2D eigenvalue weighted by Gasteiger charge is -2.34. The van der Waals surface area contributed by atoms with Crippen LogP contribution in [0.4, 0.5) is 5.69 Å². The lowest BCUT2D eigenvalue weighted by molar-refractivity contribution is -0.0151. The topological polar surface area (TPSA) is 99.0 Å². The fraction of sp³-hybridized carbons (Fsp3) is 0.308. The van der Waals surface area contributed by atoms with Gasteiger partial charge in [0.25, 0.3) is 0 Å². The van der Waals surface area contributed by atoms with E-state index in [4.69, 9.17) is 9.84 Å². The predicted molar refractivity (Wildman–Crippen MR) is 67.7 cm³/mol. The normalized spacial score (nSPS) is 21.8. The van der Waals surface area contributed by atoms with Crippen LogP contribution in [0.3, 0.4) is 0 Å². The van der Waals surface area contributed by atoms with Gasteiger partial charge < -0.3 is 25.4 Å². The van der Waals surface area contributed by atoms with Crippen molar-refractivity contribution in [1.82, 2.24) is 0 Å². The quantitative estimate of drug-likeness (QED) is 0.628. The molecule has 0 aliphatic heterocycles. The van der Waals surface area contributed by atoms with Crippen LogP contribution >= 0.6 is 0 Å². The molecule has 4 N–H and O–H groups in total. The molecule has 1 aromatic rings. The zero-order valence-electron chi connectivity index (χ0n) is 10.3. The maximum Gasteiger partial charge on any atom is 0.335 e. The number of carboxylic acid groups (broad SMARTS) is 1. The van der Waals surface area contributed by atoms with Gasteiger partial charge in [0.1, 0.15) is 18.0 Å². The average molecular weight is 265 g/mol. The van der Waals surface area contributed by atoms with E-state index in [2.05, 4.69) is 5.32 Å². The van der Waals surface area contributed by atoms with Gasteiger partial charge in [-0.3, -0.25) is 0 Å². The molecular weight excluding hydrogens is 250 g/mol. The second-order valence-corrected chi connectivity index (χ2v) is 4.11. The van der Waals surface area contributed by atoms with Gasteiger partial charge in [-0.1, -0.05) is 6.07 Å². The first-order valence-corrected chi connectivity index (χ1v) is 5.88. The Balaban J connectivity index is 2.21. The molecule has 1 aliphatic carbocycles. The van der Waals surface area contributed by atoms with Gasteiger partial charge in [-0.05, 0) is 25.1 Å². The number of nitrogens with one attached hydrogen (secondary N) is 1. The van der Waals surface area contributed by atoms with Gasteiger partial charge in [0.15, 0.2) is 0 Å². The van der Waals surface area contributed by atoms with Crippen LogP contribution in [0, 0.1) is 0 Å². The van der Waals surface area contributed by atoms with Crippen molar-refractivity contribution in [3.8, 4) is 0 Å². The molecule has 6 heteroatoms. The minimum absolute atomic E-state index is 0.137. The third kappa shape index (κ3) is 2.54. The van der Waals surface area contributed by atoms with Crippen molar-refractivity contribution in [2.24, 2.45) is 0 Å². The van der Waals surface area contributed by atoms with Crippen molar-refractivity contribution in [3.05, 3.63) is 41.3 Å². The first-order valence-electron chi connectivity index (χ1n) is 5.88. The number of hydrogen-bond acceptors (Lipinski definition) is 5. The summed E-state index contributed by atoms with van der Waals surface area (Å²) in [7, 11) is 0. The standard InChI is InChI=1S/C13H15NO5/c1-2-19-12-9(10(15)11(12)16)14-8-5-3-4-7(6-8)13(17)18/h3-6,10-11,14-16H,2H2,1H3,(H,17,18). The summed E-state index contributed by atoms with van der Waals surface area (Å²) >= 11 is 0. The Morgan fingerprint density at radius 3 is 2.74 bits per heavy atom. The van der Waals surface area contributed by atoms with Gasteiger partial charge in [-0.2, -0.15) is 0 Å². The van der Waals surface area contributed by atoms with E-state index in [0.29, 0.717) is 18.0 Å². The number of benzene rings is 1. The van der Waals surface area contributed by atoms with Crippen molar-refractivity contribution >= 4 is 11.7 Å². The minimum atomic E-state index is -1.05. The summed E-state index contributed by atoms with van der Waals surface area (Å²) in [6.07, 6.45) is -2.08. The highest BCUT2D eigenvalue weighted by Crippen LogP contribution is 2.31. The molecule has 6 nitrogen and oxygen atoms in total. The Morgan fingerprint density at radius 1 is 1.37 bits per heavy atom. The van der Waals surface area contributed by atoms with E-state index in [1.807, 2.05) is 0 Å². The first-order chi connectivity index (χ1) is 9.04. The van der Waals surface area contributed by atoms with E-state index >= 15 is 0 Å². The number of anilines is 1. The van der Waals surface area contributed by atoms with Gasteiger partial charge in [-0.15, -0.1) is 0 Å². The van der Waals surface area contributed by atoms with Crippen LogP contribution in [0.15, 0.2) is 35.7 Å². The Bertz CT molecular complexity index is 526. The molecule has 0 fully saturated rings. The Kier molecular flexibility index (Phi) is 3.73. The molecule has 19 heavy (non-hydrogen) atoms. The molecule has 102 valence electrons. The van der Waals surface area contributed by atoms with E-state index in [1.54, 1.807) is 19.1 Å². The Hall–Kier alpha value is -2.05. The summed E-state index contributed by atoms with van der Waals surface area (Å²) in [5.41, 5.74) is 1.01. The number of hydrogen-bond donors (Lipinski definition) is 4. The van der Waals surface area contributed by atoms with E-state index < -0.39 is 18.2 Å². The molecule has 2 rings (SSSR count). The molecule has 0 heterocycles. The molecule has 1 aromatic carbocycles. The molecule has 0 bridgehead atoms. The van der Waals surface area contributed by atoms with Crippen molar-refractivity contribution < 1.29 is 24.9 Å². The Morgan fingerprint density at radius 2 is 2.11 bits per heavy atom. The molecule has 1 aliphatic rings. The highest BCUT2D eigenvalue weighted by atomic mass is 16.5. The van der Waals surface area contributed by atoms with Gasteiger partial charge in [-0.25, -0.2) is 4.79 Å². The summed E-state index contributed by atoms with van der Waals surface area (Å²) in [4.78, 5) is 10.9. The van der Waals surface area contributed by atoms with Gasteiger partial charge in [0.2, 0.25) is 0 Å². The van der Waals surface area contributed by atoms with Crippen LogP contribution < -0.4 is 5.32 Å². The summed E-state index contributed by atoms with van der Waals surface area (Å²) < 4.78 is 5.21. The number of carbonyl (C=O) groups is 1. The zero-order chi connectivity index (χ0) is 14.0. The highest BCUT2D eigenvalue weighted by Gasteiger charge is 2.40. The van der Waals surface area contributed by atoms with Crippen molar-refractivity contribution in [2.75, 3.05) is 11.9 Å². The molecular formula is C13H15NO5. The van der Waals surface area contributed by atoms with Gasteiger partial charge in [0.05, 0.1) is 17.9 Å². The molecule has 0 saturated heterocycles. The lowest BCUT2D eigenvalue weighted by atomic mass is 9.95. The number of aliphatic hydroxyl groups excluding tert-OH is 2. The minimum Gasteiger partial charge on any atom is -0.493 e. The highest BCUT2D eigenvalue weighted by molar-refractivity contribution is 5.88. The second-order valence-electron chi connectivity index (χ2n) is 4.11. The van der Waals surface area contributed by atoms with E-state index in [9.17, 15) is 15.0 Å². The SMILES string of the molecule is CCOC1=C(Nc2cccc(C(=O)O)c2)C(O)C1O. The van der Waals surface area contributed by atoms with Gasteiger partial charge >= 0.3 is 5.97 Å². The van der Waals surface area contributed by atoms with Crippen molar-refractivity contribution in [1.29, 1.82) is 0 Å². The number of carboxylic acids is 1. The van der Waals surface area contributed by atoms with E-state index in [-0.39, 0.29) is 11.3 Å². The van der Waals surface area contributed by atoms with Crippen LogP contribution in [-0.4, -0.2) is 40.1 Å². The zero-order valence-corrected chi connectivity index (χ0v) is 10.3. The molecule has 2 atom stereocenters. The summed E-state index contributed by atoms with van der Waals surface area (Å²) in [6.45, 7) is 2.15. The Labute approximate surface area is 109 Å². The predicted octanol–water partition coefficient (Wildman–Crippen LogP) is 0.780. The molecule has 0 amide bonds. The number of rotatable bonds is 5. The monoisotopic (exact) mass is 265 g/mol. The lowest BCUT2D eigenvalue weighted by Crippen LogP contribution is -2.44. The fourth-order valence-electron chi connectivity index (χ4n) is 1.85. The smallest absolute Gasteiger partial charge is 0.335 e. The number of ether oxygens (including phenoxy) is 1. The third-order valence-corrected chi connectivity index (χ3v) is 2.82. The molecule has 2 unspecified atom stereocenters. The third-order valence-electron chi connectivity index (χ3n) is 2.82. The fourth-order valence-corrected chi connectivity index (χ4v) is 1.85. The molecule has 0 radical (unpaired) electrons. The average Bonchev–Trinajstić information content (AvgIpc) is 2.42. The molecule has 0 spiro atoms. The largest absolute Gasteiger partial charge is 0.493 e. The number of aromatic carboxylic acids is 1. The first kappa shape index (κ1) is 13.4.